The Balaban J connectivity index is 2.48. The highest BCUT2D eigenvalue weighted by Crippen LogP contribution is 2.27. The van der Waals surface area contributed by atoms with Crippen LogP contribution >= 0.6 is 24.4 Å². The first-order chi connectivity index (χ1) is 8.81. The molecule has 0 aliphatic carbocycles. The molecule has 1 aromatic carbocycles. The monoisotopic (exact) mass is 299 g/mol. The van der Waals surface area contributed by atoms with E-state index in [0.717, 1.165) is 10.4 Å². The largest absolute Gasteiger partial charge is 0.442 e. The van der Waals surface area contributed by atoms with Gasteiger partial charge in [-0.1, -0.05) is 24.4 Å². The number of benzene rings is 1. The van der Waals surface area contributed by atoms with Crippen LogP contribution in [-0.2, 0) is 4.74 Å². The van der Waals surface area contributed by atoms with E-state index in [1.807, 2.05) is 0 Å². The molecule has 7 heteroatoms. The molecular formula is C12H14ClN3O2S. The summed E-state index contributed by atoms with van der Waals surface area (Å²) in [5.41, 5.74) is 0.766. The fourth-order valence-electron chi connectivity index (χ4n) is 1.60. The smallest absolute Gasteiger partial charge is 0.435 e. The van der Waals surface area contributed by atoms with E-state index in [2.05, 4.69) is 22.6 Å². The fourth-order valence-corrected chi connectivity index (χ4v) is 1.96. The van der Waals surface area contributed by atoms with Gasteiger partial charge in [0.25, 0.3) is 0 Å². The Labute approximate surface area is 121 Å². The van der Waals surface area contributed by atoms with E-state index < -0.39 is 11.7 Å². The molecule has 0 spiro atoms. The zero-order valence-corrected chi connectivity index (χ0v) is 12.4. The lowest BCUT2D eigenvalue weighted by Crippen LogP contribution is -2.27. The molecule has 5 nitrogen and oxygen atoms in total. The maximum Gasteiger partial charge on any atom is 0.435 e. The van der Waals surface area contributed by atoms with Gasteiger partial charge in [-0.2, -0.15) is 4.68 Å². The Kier molecular flexibility index (Phi) is 3.64. The van der Waals surface area contributed by atoms with Gasteiger partial charge in [-0.05, 0) is 39.0 Å². The standard InChI is InChI=1S/C12H14ClN3O2S/c1-12(2,3)18-11(17)16-9-5-4-7(15-19)6-8(9)10(13)14-16/h4-6,15,19H,1-3H3. The zero-order chi connectivity index (χ0) is 14.2. The van der Waals surface area contributed by atoms with E-state index in [-0.39, 0.29) is 5.15 Å². The predicted octanol–water partition coefficient (Wildman–Crippen LogP) is 3.73. The van der Waals surface area contributed by atoms with Crippen LogP contribution in [0, 0.1) is 0 Å². The molecule has 2 rings (SSSR count). The second kappa shape index (κ2) is 4.94. The third-order valence-electron chi connectivity index (χ3n) is 2.33. The van der Waals surface area contributed by atoms with Crippen LogP contribution in [0.5, 0.6) is 0 Å². The van der Waals surface area contributed by atoms with Gasteiger partial charge in [0.2, 0.25) is 0 Å². The van der Waals surface area contributed by atoms with Gasteiger partial charge in [-0.15, -0.1) is 5.10 Å². The number of aromatic nitrogens is 2. The van der Waals surface area contributed by atoms with Crippen molar-refractivity contribution in [1.82, 2.24) is 9.78 Å². The van der Waals surface area contributed by atoms with E-state index in [9.17, 15) is 4.79 Å². The van der Waals surface area contributed by atoms with Gasteiger partial charge in [0, 0.05) is 11.1 Å². The summed E-state index contributed by atoms with van der Waals surface area (Å²) in [6, 6.07) is 5.27. The Morgan fingerprint density at radius 3 is 2.74 bits per heavy atom. The van der Waals surface area contributed by atoms with Crippen molar-refractivity contribution in [2.45, 2.75) is 26.4 Å². The van der Waals surface area contributed by atoms with Crippen LogP contribution in [0.1, 0.15) is 20.8 Å². The van der Waals surface area contributed by atoms with Crippen molar-refractivity contribution >= 4 is 47.1 Å². The first-order valence-corrected chi connectivity index (χ1v) is 6.46. The molecule has 0 saturated heterocycles. The zero-order valence-electron chi connectivity index (χ0n) is 10.8. The van der Waals surface area contributed by atoms with Gasteiger partial charge in [-0.25, -0.2) is 4.79 Å². The third-order valence-corrected chi connectivity index (χ3v) is 2.87. The molecule has 0 amide bonds. The molecular weight excluding hydrogens is 286 g/mol. The number of nitrogens with zero attached hydrogens (tertiary/aromatic N) is 2. The summed E-state index contributed by atoms with van der Waals surface area (Å²) in [7, 11) is 0. The summed E-state index contributed by atoms with van der Waals surface area (Å²) in [4.78, 5) is 12.0. The van der Waals surface area contributed by atoms with Crippen molar-refractivity contribution < 1.29 is 9.53 Å². The van der Waals surface area contributed by atoms with Crippen molar-refractivity contribution in [2.75, 3.05) is 4.72 Å². The van der Waals surface area contributed by atoms with Crippen LogP contribution in [0.2, 0.25) is 5.15 Å². The lowest BCUT2D eigenvalue weighted by molar-refractivity contribution is 0.0523. The summed E-state index contributed by atoms with van der Waals surface area (Å²) < 4.78 is 9.14. The van der Waals surface area contributed by atoms with Crippen molar-refractivity contribution in [3.63, 3.8) is 0 Å². The minimum Gasteiger partial charge on any atom is -0.442 e. The Bertz CT molecular complexity index is 634. The van der Waals surface area contributed by atoms with Crippen LogP contribution in [0.25, 0.3) is 10.9 Å². The number of hydrogen-bond acceptors (Lipinski definition) is 5. The maximum atomic E-state index is 12.0. The molecule has 19 heavy (non-hydrogen) atoms. The molecule has 0 saturated carbocycles. The number of nitrogens with one attached hydrogen (secondary N) is 1. The van der Waals surface area contributed by atoms with E-state index in [4.69, 9.17) is 16.3 Å². The lowest BCUT2D eigenvalue weighted by Gasteiger charge is -2.19. The van der Waals surface area contributed by atoms with Gasteiger partial charge in [0.1, 0.15) is 5.60 Å². The van der Waals surface area contributed by atoms with E-state index in [1.165, 1.54) is 0 Å². The fraction of sp³-hybridized carbons (Fsp3) is 0.333. The van der Waals surface area contributed by atoms with E-state index >= 15 is 0 Å². The molecule has 0 bridgehead atoms. The van der Waals surface area contributed by atoms with Gasteiger partial charge in [0.05, 0.1) is 5.52 Å². The van der Waals surface area contributed by atoms with E-state index in [0.29, 0.717) is 10.9 Å². The van der Waals surface area contributed by atoms with Crippen molar-refractivity contribution in [2.24, 2.45) is 0 Å². The van der Waals surface area contributed by atoms with Gasteiger partial charge >= 0.3 is 6.09 Å². The summed E-state index contributed by atoms with van der Waals surface area (Å²) in [5, 5.41) is 4.90. The molecule has 1 aromatic heterocycles. The van der Waals surface area contributed by atoms with Crippen molar-refractivity contribution in [1.29, 1.82) is 0 Å². The molecule has 1 heterocycles. The van der Waals surface area contributed by atoms with Crippen molar-refractivity contribution in [3.8, 4) is 0 Å². The first kappa shape index (κ1) is 14.0. The topological polar surface area (TPSA) is 56.2 Å². The van der Waals surface area contributed by atoms with Crippen LogP contribution in [0.3, 0.4) is 0 Å². The average Bonchev–Trinajstić information content (AvgIpc) is 2.64. The second-order valence-corrected chi connectivity index (χ2v) is 5.61. The SMILES string of the molecule is CC(C)(C)OC(=O)n1nc(Cl)c2cc(NS)ccc21. The maximum absolute atomic E-state index is 12.0. The molecule has 0 radical (unpaired) electrons. The third kappa shape index (κ3) is 2.96. The summed E-state index contributed by atoms with van der Waals surface area (Å²) in [6.07, 6.45) is -0.559. The first-order valence-electron chi connectivity index (χ1n) is 5.63. The molecule has 102 valence electrons. The number of carbonyl (C=O) groups is 1. The quantitative estimate of drug-likeness (QED) is 0.788. The van der Waals surface area contributed by atoms with E-state index in [1.54, 1.807) is 39.0 Å². The van der Waals surface area contributed by atoms with Crippen LogP contribution in [0.4, 0.5) is 10.5 Å². The van der Waals surface area contributed by atoms with Crippen LogP contribution < -0.4 is 4.72 Å². The highest BCUT2D eigenvalue weighted by molar-refractivity contribution is 7.81. The van der Waals surface area contributed by atoms with Crippen LogP contribution in [-0.4, -0.2) is 21.5 Å². The minimum absolute atomic E-state index is 0.242. The van der Waals surface area contributed by atoms with Gasteiger partial charge in [0.15, 0.2) is 5.15 Å². The Morgan fingerprint density at radius 1 is 1.47 bits per heavy atom. The second-order valence-electron chi connectivity index (χ2n) is 5.03. The average molecular weight is 300 g/mol. The summed E-state index contributed by atoms with van der Waals surface area (Å²) in [5.74, 6) is 0. The van der Waals surface area contributed by atoms with Gasteiger partial charge < -0.3 is 9.46 Å². The summed E-state index contributed by atoms with van der Waals surface area (Å²) in [6.45, 7) is 5.38. The molecule has 0 fully saturated rings. The number of anilines is 1. The van der Waals surface area contributed by atoms with Crippen LogP contribution in [0.15, 0.2) is 18.2 Å². The highest BCUT2D eigenvalue weighted by Gasteiger charge is 2.21. The molecule has 1 N–H and O–H groups in total. The Morgan fingerprint density at radius 2 is 2.16 bits per heavy atom. The summed E-state index contributed by atoms with van der Waals surface area (Å²) >= 11 is 9.99. The normalized spacial score (nSPS) is 11.6. The number of halogens is 1. The highest BCUT2D eigenvalue weighted by atomic mass is 35.5. The predicted molar refractivity (Wildman–Crippen MR) is 79.0 cm³/mol. The number of fused-ring (bicyclic) bond motifs is 1. The van der Waals surface area contributed by atoms with Gasteiger partial charge in [-0.3, -0.25) is 0 Å². The minimum atomic E-state index is -0.589. The molecule has 0 atom stereocenters. The Hall–Kier alpha value is -1.40. The number of ether oxygens (including phenoxy) is 1. The lowest BCUT2D eigenvalue weighted by atomic mass is 10.2. The number of carbonyl (C=O) groups excluding carboxylic acids is 1. The molecule has 0 aliphatic heterocycles. The number of thiol groups is 1. The van der Waals surface area contributed by atoms with Crippen molar-refractivity contribution in [3.05, 3.63) is 23.4 Å². The molecule has 2 aromatic rings. The number of hydrogen-bond donors (Lipinski definition) is 2. The molecule has 0 aliphatic rings. The number of rotatable bonds is 1. The molecule has 0 unspecified atom stereocenters.